The molecule has 1 atom stereocenters. The maximum Gasteiger partial charge on any atom is 0.264 e. The van der Waals surface area contributed by atoms with Gasteiger partial charge >= 0.3 is 0 Å². The van der Waals surface area contributed by atoms with E-state index >= 15 is 0 Å². The zero-order chi connectivity index (χ0) is 14.3. The van der Waals surface area contributed by atoms with Crippen LogP contribution < -0.4 is 5.73 Å². The van der Waals surface area contributed by atoms with Crippen molar-refractivity contribution in [3.63, 3.8) is 0 Å². The first kappa shape index (κ1) is 12.3. The van der Waals surface area contributed by atoms with Crippen LogP contribution in [0.3, 0.4) is 0 Å². The summed E-state index contributed by atoms with van der Waals surface area (Å²) in [6.07, 6.45) is 3.30. The van der Waals surface area contributed by atoms with E-state index in [0.29, 0.717) is 16.8 Å². The van der Waals surface area contributed by atoms with Crippen molar-refractivity contribution in [1.29, 1.82) is 0 Å². The second-order valence-electron chi connectivity index (χ2n) is 4.71. The first-order chi connectivity index (χ1) is 9.61. The number of carbonyl (C=O) groups excluding carboxylic acids is 2. The first-order valence-electron chi connectivity index (χ1n) is 6.27. The van der Waals surface area contributed by atoms with Crippen molar-refractivity contribution in [2.45, 2.75) is 13.0 Å². The number of pyridine rings is 1. The van der Waals surface area contributed by atoms with Gasteiger partial charge in [-0.25, -0.2) is 0 Å². The van der Waals surface area contributed by atoms with Crippen LogP contribution in [0, 0.1) is 0 Å². The Labute approximate surface area is 116 Å². The zero-order valence-corrected chi connectivity index (χ0v) is 10.9. The van der Waals surface area contributed by atoms with Crippen LogP contribution in [0.1, 0.15) is 39.2 Å². The van der Waals surface area contributed by atoms with E-state index in [9.17, 15) is 9.59 Å². The van der Waals surface area contributed by atoms with Gasteiger partial charge < -0.3 is 5.73 Å². The van der Waals surface area contributed by atoms with Crippen molar-refractivity contribution in [3.8, 4) is 0 Å². The molecule has 1 aromatic heterocycles. The maximum absolute atomic E-state index is 12.4. The Kier molecular flexibility index (Phi) is 2.75. The summed E-state index contributed by atoms with van der Waals surface area (Å²) in [5.74, 6) is -0.659. The van der Waals surface area contributed by atoms with Gasteiger partial charge in [-0.1, -0.05) is 12.1 Å². The normalized spacial score (nSPS) is 15.3. The van der Waals surface area contributed by atoms with E-state index in [1.165, 1.54) is 4.90 Å². The lowest BCUT2D eigenvalue weighted by atomic mass is 10.1. The minimum absolute atomic E-state index is 0.299. The fraction of sp³-hybridized carbons (Fsp3) is 0.133. The number of nitrogens with two attached hydrogens (primary N) is 1. The highest BCUT2D eigenvalue weighted by molar-refractivity contribution is 6.23. The summed E-state index contributed by atoms with van der Waals surface area (Å²) >= 11 is 0. The van der Waals surface area contributed by atoms with E-state index in [0.717, 1.165) is 5.56 Å². The molecule has 0 fully saturated rings. The minimum atomic E-state index is -0.379. The summed E-state index contributed by atoms with van der Waals surface area (Å²) in [5.41, 5.74) is 7.62. The molecule has 0 saturated heterocycles. The molecule has 1 unspecified atom stereocenters. The van der Waals surface area contributed by atoms with Crippen molar-refractivity contribution < 1.29 is 9.59 Å². The number of nitrogen functional groups attached to an aromatic ring is 1. The number of anilines is 1. The van der Waals surface area contributed by atoms with E-state index in [1.807, 2.05) is 6.07 Å². The molecule has 5 heteroatoms. The Morgan fingerprint density at radius 1 is 1.15 bits per heavy atom. The van der Waals surface area contributed by atoms with Crippen LogP contribution in [-0.4, -0.2) is 21.7 Å². The molecular formula is C15H13N3O2. The number of amides is 2. The first-order valence-corrected chi connectivity index (χ1v) is 6.27. The number of benzene rings is 1. The van der Waals surface area contributed by atoms with Crippen molar-refractivity contribution in [1.82, 2.24) is 9.88 Å². The highest BCUT2D eigenvalue weighted by Gasteiger charge is 2.40. The standard InChI is InChI=1S/C15H13N3O2/c1-9(10-4-3-7-17-8-10)18-14(19)11-5-2-6-12(16)13(11)15(18)20/h2-9H,16H2,1H3. The van der Waals surface area contributed by atoms with Gasteiger partial charge in [-0.2, -0.15) is 0 Å². The van der Waals surface area contributed by atoms with Crippen molar-refractivity contribution in [3.05, 3.63) is 59.4 Å². The quantitative estimate of drug-likeness (QED) is 0.667. The summed E-state index contributed by atoms with van der Waals surface area (Å²) in [7, 11) is 0. The van der Waals surface area contributed by atoms with E-state index in [2.05, 4.69) is 4.98 Å². The summed E-state index contributed by atoms with van der Waals surface area (Å²) in [4.78, 5) is 30.1. The highest BCUT2D eigenvalue weighted by atomic mass is 16.2. The smallest absolute Gasteiger partial charge is 0.264 e. The van der Waals surface area contributed by atoms with Gasteiger partial charge in [-0.3, -0.25) is 19.5 Å². The van der Waals surface area contributed by atoms with Gasteiger partial charge in [0.15, 0.2) is 0 Å². The van der Waals surface area contributed by atoms with Crippen LogP contribution >= 0.6 is 0 Å². The molecule has 0 spiro atoms. The Hall–Kier alpha value is -2.69. The van der Waals surface area contributed by atoms with Gasteiger partial charge in [0.05, 0.1) is 17.2 Å². The van der Waals surface area contributed by atoms with E-state index in [-0.39, 0.29) is 17.9 Å². The van der Waals surface area contributed by atoms with Crippen LogP contribution in [-0.2, 0) is 0 Å². The van der Waals surface area contributed by atoms with Crippen LogP contribution in [0.4, 0.5) is 5.69 Å². The van der Waals surface area contributed by atoms with Crippen LogP contribution in [0.25, 0.3) is 0 Å². The Bertz CT molecular complexity index is 698. The predicted octanol–water partition coefficient (Wildman–Crippen LogP) is 2.02. The molecular weight excluding hydrogens is 254 g/mol. The van der Waals surface area contributed by atoms with E-state index in [1.54, 1.807) is 43.6 Å². The van der Waals surface area contributed by atoms with Gasteiger partial charge in [0, 0.05) is 18.1 Å². The number of hydrogen-bond donors (Lipinski definition) is 1. The number of rotatable bonds is 2. The summed E-state index contributed by atoms with van der Waals surface area (Å²) < 4.78 is 0. The number of aromatic nitrogens is 1. The molecule has 2 N–H and O–H groups in total. The lowest BCUT2D eigenvalue weighted by Crippen LogP contribution is -2.32. The molecule has 2 amide bonds. The molecule has 0 bridgehead atoms. The number of nitrogens with zero attached hydrogens (tertiary/aromatic N) is 2. The summed E-state index contributed by atoms with van der Waals surface area (Å²) in [6.45, 7) is 1.80. The topological polar surface area (TPSA) is 76.3 Å². The van der Waals surface area contributed by atoms with Gasteiger partial charge in [0.2, 0.25) is 0 Å². The van der Waals surface area contributed by atoms with Gasteiger partial charge in [0.25, 0.3) is 11.8 Å². The summed E-state index contributed by atoms with van der Waals surface area (Å²) in [5, 5.41) is 0. The molecule has 2 heterocycles. The highest BCUT2D eigenvalue weighted by Crippen LogP contribution is 2.33. The Morgan fingerprint density at radius 2 is 1.95 bits per heavy atom. The van der Waals surface area contributed by atoms with E-state index < -0.39 is 0 Å². The number of fused-ring (bicyclic) bond motifs is 1. The third-order valence-electron chi connectivity index (χ3n) is 3.53. The number of imide groups is 1. The van der Waals surface area contributed by atoms with Crippen molar-refractivity contribution >= 4 is 17.5 Å². The predicted molar refractivity (Wildman–Crippen MR) is 74.0 cm³/mol. The molecule has 0 radical (unpaired) electrons. The fourth-order valence-electron chi connectivity index (χ4n) is 2.45. The maximum atomic E-state index is 12.4. The SMILES string of the molecule is CC(c1cccnc1)N1C(=O)c2cccc(N)c2C1=O. The van der Waals surface area contributed by atoms with Gasteiger partial charge in [-0.15, -0.1) is 0 Å². The van der Waals surface area contributed by atoms with Crippen molar-refractivity contribution in [2.24, 2.45) is 0 Å². The average Bonchev–Trinajstić information content (AvgIpc) is 2.72. The minimum Gasteiger partial charge on any atom is -0.398 e. The largest absolute Gasteiger partial charge is 0.398 e. The average molecular weight is 267 g/mol. The van der Waals surface area contributed by atoms with Gasteiger partial charge in [-0.05, 0) is 30.7 Å². The van der Waals surface area contributed by atoms with E-state index in [4.69, 9.17) is 5.73 Å². The molecule has 0 saturated carbocycles. The molecule has 0 aliphatic carbocycles. The third kappa shape index (κ3) is 1.67. The zero-order valence-electron chi connectivity index (χ0n) is 10.9. The monoisotopic (exact) mass is 267 g/mol. The molecule has 20 heavy (non-hydrogen) atoms. The number of hydrogen-bond acceptors (Lipinski definition) is 4. The second-order valence-corrected chi connectivity index (χ2v) is 4.71. The molecule has 5 nitrogen and oxygen atoms in total. The molecule has 1 aliphatic heterocycles. The number of carbonyl (C=O) groups is 2. The van der Waals surface area contributed by atoms with Gasteiger partial charge in [0.1, 0.15) is 0 Å². The fourth-order valence-corrected chi connectivity index (χ4v) is 2.45. The second kappa shape index (κ2) is 4.45. The molecule has 100 valence electrons. The molecule has 2 aromatic rings. The lowest BCUT2D eigenvalue weighted by molar-refractivity contribution is 0.0595. The van der Waals surface area contributed by atoms with Crippen LogP contribution in [0.15, 0.2) is 42.7 Å². The van der Waals surface area contributed by atoms with Crippen molar-refractivity contribution in [2.75, 3.05) is 5.73 Å². The third-order valence-corrected chi connectivity index (χ3v) is 3.53. The van der Waals surface area contributed by atoms with Crippen LogP contribution in [0.2, 0.25) is 0 Å². The Balaban J connectivity index is 2.04. The Morgan fingerprint density at radius 3 is 2.60 bits per heavy atom. The molecule has 3 rings (SSSR count). The molecule has 1 aromatic carbocycles. The lowest BCUT2D eigenvalue weighted by Gasteiger charge is -2.22. The molecule has 1 aliphatic rings. The summed E-state index contributed by atoms with van der Waals surface area (Å²) in [6, 6.07) is 8.17. The van der Waals surface area contributed by atoms with Crippen LogP contribution in [0.5, 0.6) is 0 Å².